The Kier molecular flexibility index (Phi) is 7.63. The molecule has 4 amide bonds. The number of nitrogens with one attached hydrogen (secondary N) is 1. The number of benzene rings is 3. The van der Waals surface area contributed by atoms with Crippen molar-refractivity contribution in [2.75, 3.05) is 29.4 Å². The Balaban J connectivity index is 1.06. The van der Waals surface area contributed by atoms with Gasteiger partial charge in [0.25, 0.3) is 11.8 Å². The van der Waals surface area contributed by atoms with Crippen molar-refractivity contribution in [2.24, 2.45) is 0 Å². The third kappa shape index (κ3) is 5.55. The molecule has 5 heterocycles. The number of carbonyl (C=O) groups is 4. The average Bonchev–Trinajstić information content (AvgIpc) is 3.56. The van der Waals surface area contributed by atoms with Gasteiger partial charge >= 0.3 is 0 Å². The second-order valence-corrected chi connectivity index (χ2v) is 11.9. The van der Waals surface area contributed by atoms with E-state index in [2.05, 4.69) is 20.4 Å². The first kappa shape index (κ1) is 31.3. The second-order valence-electron chi connectivity index (χ2n) is 11.9. The summed E-state index contributed by atoms with van der Waals surface area (Å²) in [5, 5.41) is 9.39. The van der Waals surface area contributed by atoms with Crippen molar-refractivity contribution in [3.63, 3.8) is 0 Å². The van der Waals surface area contributed by atoms with Crippen LogP contribution in [0.5, 0.6) is 17.2 Å². The minimum absolute atomic E-state index is 0.0466. The highest BCUT2D eigenvalue weighted by atomic mass is 16.5. The number of nitrogens with zero attached hydrogens (tertiary/aromatic N) is 7. The number of nitrogen functional groups attached to an aromatic ring is 1. The van der Waals surface area contributed by atoms with Crippen molar-refractivity contribution in [2.45, 2.75) is 18.9 Å². The summed E-state index contributed by atoms with van der Waals surface area (Å²) >= 11 is 0. The second kappa shape index (κ2) is 12.5. The molecule has 3 aliphatic rings. The summed E-state index contributed by atoms with van der Waals surface area (Å²) in [5.41, 5.74) is 9.65. The van der Waals surface area contributed by atoms with E-state index in [1.54, 1.807) is 66.6 Å². The number of methoxy groups -OCH3 is 1. The molecule has 1 saturated heterocycles. The summed E-state index contributed by atoms with van der Waals surface area (Å²) in [6.45, 7) is 0.253. The lowest BCUT2D eigenvalue weighted by atomic mass is 10.0. The van der Waals surface area contributed by atoms with Crippen LogP contribution in [0.4, 0.5) is 11.4 Å². The zero-order valence-corrected chi connectivity index (χ0v) is 27.1. The van der Waals surface area contributed by atoms with Gasteiger partial charge in [-0.2, -0.15) is 9.89 Å². The van der Waals surface area contributed by atoms with Crippen LogP contribution in [0.1, 0.15) is 33.6 Å². The van der Waals surface area contributed by atoms with E-state index in [0.29, 0.717) is 45.4 Å². The minimum Gasteiger partial charge on any atom is -0.497 e. The molecule has 3 aliphatic heterocycles. The number of hydrogen-bond acceptors (Lipinski definition) is 12. The van der Waals surface area contributed by atoms with Crippen LogP contribution in [-0.4, -0.2) is 68.2 Å². The molecule has 8 rings (SSSR count). The first-order chi connectivity index (χ1) is 24.8. The van der Waals surface area contributed by atoms with Crippen molar-refractivity contribution in [1.82, 2.24) is 30.1 Å². The van der Waals surface area contributed by atoms with Gasteiger partial charge < -0.3 is 20.1 Å². The zero-order chi connectivity index (χ0) is 35.2. The minimum atomic E-state index is -1.04. The van der Waals surface area contributed by atoms with Crippen LogP contribution >= 0.6 is 0 Å². The summed E-state index contributed by atoms with van der Waals surface area (Å²) in [6.07, 6.45) is 10.6. The molecular formula is C36H29N9O6. The highest BCUT2D eigenvalue weighted by Crippen LogP contribution is 2.35. The lowest BCUT2D eigenvalue weighted by molar-refractivity contribution is -0.136. The Morgan fingerprint density at radius 1 is 0.882 bits per heavy atom. The molecule has 15 nitrogen and oxygen atoms in total. The van der Waals surface area contributed by atoms with Crippen molar-refractivity contribution in [3.05, 3.63) is 109 Å². The van der Waals surface area contributed by atoms with E-state index in [1.807, 2.05) is 46.6 Å². The van der Waals surface area contributed by atoms with E-state index in [4.69, 9.17) is 15.2 Å². The summed E-state index contributed by atoms with van der Waals surface area (Å²) in [7, 11) is 1.60. The van der Waals surface area contributed by atoms with Gasteiger partial charge in [-0.25, -0.2) is 9.97 Å². The fraction of sp³-hybridized carbons (Fsp3) is 0.139. The monoisotopic (exact) mass is 683 g/mol. The predicted molar refractivity (Wildman–Crippen MR) is 185 cm³/mol. The Morgan fingerprint density at radius 2 is 1.67 bits per heavy atom. The average molecular weight is 684 g/mol. The SMILES string of the molecule is COc1ccc(Oc2cc(-c3ncnc4c3cnn4N3C=CC=CN(c4ccc5c(c4)C(=O)N(C4CCC(=O)NC4=O)C5=O)C3)ccc2N)cc1. The molecule has 3 N–H and O–H groups in total. The lowest BCUT2D eigenvalue weighted by Gasteiger charge is -2.28. The third-order valence-electron chi connectivity index (χ3n) is 8.85. The molecule has 15 heteroatoms. The zero-order valence-electron chi connectivity index (χ0n) is 27.1. The first-order valence-corrected chi connectivity index (χ1v) is 15.9. The number of rotatable bonds is 7. The van der Waals surface area contributed by atoms with Crippen molar-refractivity contribution >= 4 is 46.0 Å². The number of fused-ring (bicyclic) bond motifs is 2. The van der Waals surface area contributed by atoms with Gasteiger partial charge in [0.05, 0.1) is 41.2 Å². The number of allylic oxidation sites excluding steroid dienone is 2. The third-order valence-corrected chi connectivity index (χ3v) is 8.85. The van der Waals surface area contributed by atoms with Crippen LogP contribution in [0.15, 0.2) is 97.7 Å². The number of hydrogen-bond donors (Lipinski definition) is 2. The molecule has 254 valence electrons. The molecule has 2 aromatic heterocycles. The fourth-order valence-electron chi connectivity index (χ4n) is 6.27. The van der Waals surface area contributed by atoms with Gasteiger partial charge in [0.2, 0.25) is 11.8 Å². The highest BCUT2D eigenvalue weighted by molar-refractivity contribution is 6.23. The van der Waals surface area contributed by atoms with Crippen molar-refractivity contribution in [1.29, 1.82) is 0 Å². The molecule has 0 aliphatic carbocycles. The smallest absolute Gasteiger partial charge is 0.262 e. The largest absolute Gasteiger partial charge is 0.497 e. The highest BCUT2D eigenvalue weighted by Gasteiger charge is 2.44. The van der Waals surface area contributed by atoms with E-state index in [-0.39, 0.29) is 30.6 Å². The van der Waals surface area contributed by atoms with Crippen LogP contribution < -0.4 is 30.4 Å². The Bertz CT molecular complexity index is 2320. The summed E-state index contributed by atoms with van der Waals surface area (Å²) in [4.78, 5) is 64.5. The molecule has 0 spiro atoms. The number of imide groups is 2. The number of carbonyl (C=O) groups excluding carboxylic acids is 4. The molecule has 1 fully saturated rings. The maximum Gasteiger partial charge on any atom is 0.262 e. The molecule has 1 atom stereocenters. The number of nitrogens with two attached hydrogens (primary N) is 1. The predicted octanol–water partition coefficient (Wildman–Crippen LogP) is 3.72. The van der Waals surface area contributed by atoms with Gasteiger partial charge in [-0.3, -0.25) is 34.4 Å². The number of amides is 4. The van der Waals surface area contributed by atoms with Crippen LogP contribution in [0.3, 0.4) is 0 Å². The van der Waals surface area contributed by atoms with E-state index in [0.717, 1.165) is 10.5 Å². The molecule has 51 heavy (non-hydrogen) atoms. The van der Waals surface area contributed by atoms with E-state index in [9.17, 15) is 19.2 Å². The quantitative estimate of drug-likeness (QED) is 0.188. The van der Waals surface area contributed by atoms with Crippen LogP contribution in [0, 0.1) is 0 Å². The standard InChI is InChI=1S/C36H29N9O6/c1-50-23-6-8-24(9-7-23)51-30-16-21(4-11-28(30)37)32-27-18-40-45(33(27)39-19-38-32)43-15-3-2-14-42(20-43)22-5-10-25-26(17-22)36(49)44(35(25)48)29-12-13-31(46)41-34(29)47/h2-11,14-19,29H,12-13,20,37H2,1H3,(H,41,46,47). The van der Waals surface area contributed by atoms with E-state index in [1.165, 1.54) is 6.33 Å². The van der Waals surface area contributed by atoms with Gasteiger partial charge in [0, 0.05) is 30.1 Å². The van der Waals surface area contributed by atoms with Gasteiger partial charge in [-0.05, 0) is 73.2 Å². The molecule has 0 radical (unpaired) electrons. The maximum absolute atomic E-state index is 13.5. The Labute approximate surface area is 290 Å². The summed E-state index contributed by atoms with van der Waals surface area (Å²) in [6, 6.07) is 16.5. The number of aromatic nitrogens is 4. The molecular weight excluding hydrogens is 654 g/mol. The van der Waals surface area contributed by atoms with Gasteiger partial charge in [-0.1, -0.05) is 6.07 Å². The van der Waals surface area contributed by atoms with Crippen LogP contribution in [0.2, 0.25) is 0 Å². The van der Waals surface area contributed by atoms with Crippen LogP contribution in [0.25, 0.3) is 22.3 Å². The first-order valence-electron chi connectivity index (χ1n) is 15.9. The molecule has 0 bridgehead atoms. The maximum atomic E-state index is 13.5. The molecule has 0 saturated carbocycles. The number of anilines is 2. The fourth-order valence-corrected chi connectivity index (χ4v) is 6.27. The van der Waals surface area contributed by atoms with Crippen LogP contribution in [-0.2, 0) is 9.59 Å². The van der Waals surface area contributed by atoms with Gasteiger partial charge in [0.1, 0.15) is 30.5 Å². The molecule has 5 aromatic rings. The van der Waals surface area contributed by atoms with Gasteiger partial charge in [-0.15, -0.1) is 0 Å². The molecule has 3 aromatic carbocycles. The lowest BCUT2D eigenvalue weighted by Crippen LogP contribution is -2.54. The van der Waals surface area contributed by atoms with Gasteiger partial charge in [0.15, 0.2) is 11.4 Å². The van der Waals surface area contributed by atoms with E-state index >= 15 is 0 Å². The number of ether oxygens (including phenoxy) is 2. The van der Waals surface area contributed by atoms with Crippen molar-refractivity contribution < 1.29 is 28.7 Å². The summed E-state index contributed by atoms with van der Waals surface area (Å²) < 4.78 is 11.3. The Hall–Kier alpha value is -7.03. The van der Waals surface area contributed by atoms with E-state index < -0.39 is 29.7 Å². The van der Waals surface area contributed by atoms with Crippen molar-refractivity contribution in [3.8, 4) is 28.5 Å². The Morgan fingerprint density at radius 3 is 2.47 bits per heavy atom. The molecule has 1 unspecified atom stereocenters. The normalized spacial score (nSPS) is 17.2. The number of piperidine rings is 1. The topological polar surface area (TPSA) is 178 Å². The summed E-state index contributed by atoms with van der Waals surface area (Å²) in [5.74, 6) is -0.465.